The van der Waals surface area contributed by atoms with Crippen molar-refractivity contribution >= 4 is 17.1 Å². The van der Waals surface area contributed by atoms with Gasteiger partial charge in [0.25, 0.3) is 0 Å². The van der Waals surface area contributed by atoms with Gasteiger partial charge in [0.2, 0.25) is 5.95 Å². The summed E-state index contributed by atoms with van der Waals surface area (Å²) in [5, 5.41) is 28.8. The summed E-state index contributed by atoms with van der Waals surface area (Å²) in [7, 11) is 0. The Morgan fingerprint density at radius 1 is 1.38 bits per heavy atom. The number of rotatable bonds is 2. The maximum Gasteiger partial charge on any atom is 0.301 e. The smallest absolute Gasteiger partial charge is 0.301 e. The topological polar surface area (TPSA) is 175 Å². The molecule has 21 heavy (non-hydrogen) atoms. The van der Waals surface area contributed by atoms with Gasteiger partial charge in [-0.2, -0.15) is 9.66 Å². The van der Waals surface area contributed by atoms with Crippen LogP contribution in [0.1, 0.15) is 6.23 Å². The highest BCUT2D eigenvalue weighted by atomic mass is 16.6. The third-order valence-electron chi connectivity index (χ3n) is 3.45. The summed E-state index contributed by atoms with van der Waals surface area (Å²) in [6.45, 7) is -0.466. The molecule has 0 amide bonds. The summed E-state index contributed by atoms with van der Waals surface area (Å²) >= 11 is 0. The molecular weight excluding hydrogens is 284 g/mol. The first-order valence-electron chi connectivity index (χ1n) is 6.08. The van der Waals surface area contributed by atoms with Crippen molar-refractivity contribution in [1.29, 1.82) is 0 Å². The molecule has 0 aliphatic carbocycles. The molecule has 3 heterocycles. The zero-order chi connectivity index (χ0) is 15.3. The number of aliphatic hydroxyl groups excluding tert-OH is 3. The standard InChI is InChI=1S/C10H14N6O5/c11-10-14-7-4(8(20)16(10)12)13-2-15(7)9-6(19)5(18)3(1-17)21-9/h2-3,5-6,9,17-19H,1,12H2,(H2,11,14)/t3-,5-,6-,9-/m1/s1. The third kappa shape index (κ3) is 1.86. The average Bonchev–Trinajstić information content (AvgIpc) is 2.99. The van der Waals surface area contributed by atoms with Gasteiger partial charge < -0.3 is 31.6 Å². The van der Waals surface area contributed by atoms with E-state index in [0.717, 1.165) is 0 Å². The number of aliphatic hydroxyl groups is 3. The van der Waals surface area contributed by atoms with Crippen LogP contribution in [0.3, 0.4) is 0 Å². The predicted molar refractivity (Wildman–Crippen MR) is 69.4 cm³/mol. The van der Waals surface area contributed by atoms with Crippen molar-refractivity contribution in [1.82, 2.24) is 19.2 Å². The molecule has 114 valence electrons. The summed E-state index contributed by atoms with van der Waals surface area (Å²) in [6.07, 6.45) is -3.37. The molecular formula is C10H14N6O5. The zero-order valence-corrected chi connectivity index (χ0v) is 10.7. The normalized spacial score (nSPS) is 29.3. The molecule has 0 aromatic carbocycles. The van der Waals surface area contributed by atoms with Crippen molar-refractivity contribution in [2.45, 2.75) is 24.5 Å². The van der Waals surface area contributed by atoms with Crippen LogP contribution in [0.5, 0.6) is 0 Å². The maximum atomic E-state index is 11.9. The number of imidazole rings is 1. The lowest BCUT2D eigenvalue weighted by Gasteiger charge is -2.16. The second-order valence-corrected chi connectivity index (χ2v) is 4.70. The fourth-order valence-corrected chi connectivity index (χ4v) is 2.29. The molecule has 0 spiro atoms. The highest BCUT2D eigenvalue weighted by Gasteiger charge is 2.44. The summed E-state index contributed by atoms with van der Waals surface area (Å²) in [4.78, 5) is 19.7. The highest BCUT2D eigenvalue weighted by molar-refractivity contribution is 5.71. The van der Waals surface area contributed by atoms with Crippen LogP contribution < -0.4 is 17.1 Å². The van der Waals surface area contributed by atoms with E-state index >= 15 is 0 Å². The van der Waals surface area contributed by atoms with E-state index in [1.165, 1.54) is 10.9 Å². The average molecular weight is 298 g/mol. The lowest BCUT2D eigenvalue weighted by molar-refractivity contribution is -0.0511. The van der Waals surface area contributed by atoms with Crippen LogP contribution in [-0.4, -0.2) is 59.4 Å². The molecule has 4 atom stereocenters. The zero-order valence-electron chi connectivity index (χ0n) is 10.7. The Balaban J connectivity index is 2.12. The molecule has 11 nitrogen and oxygen atoms in total. The number of ether oxygens (including phenoxy) is 1. The van der Waals surface area contributed by atoms with Crippen molar-refractivity contribution < 1.29 is 20.1 Å². The van der Waals surface area contributed by atoms with E-state index < -0.39 is 36.7 Å². The van der Waals surface area contributed by atoms with Crippen molar-refractivity contribution in [3.05, 3.63) is 16.7 Å². The fraction of sp³-hybridized carbons (Fsp3) is 0.500. The minimum Gasteiger partial charge on any atom is -0.394 e. The van der Waals surface area contributed by atoms with E-state index in [1.54, 1.807) is 0 Å². The van der Waals surface area contributed by atoms with Gasteiger partial charge in [0.15, 0.2) is 17.4 Å². The molecule has 1 aliphatic heterocycles. The Bertz CT molecular complexity index is 741. The number of nitrogens with zero attached hydrogens (tertiary/aromatic N) is 4. The van der Waals surface area contributed by atoms with E-state index in [4.69, 9.17) is 21.4 Å². The SMILES string of the molecule is Nc1nc2c(ncn2[C@@H]2O[C@H](CO)[C@@H](O)[C@H]2O)c(=O)n1N. The van der Waals surface area contributed by atoms with Crippen LogP contribution in [0.4, 0.5) is 5.95 Å². The van der Waals surface area contributed by atoms with E-state index in [0.29, 0.717) is 4.68 Å². The third-order valence-corrected chi connectivity index (χ3v) is 3.45. The molecule has 0 saturated carbocycles. The Morgan fingerprint density at radius 2 is 2.10 bits per heavy atom. The predicted octanol–water partition coefficient (Wildman–Crippen LogP) is -3.50. The van der Waals surface area contributed by atoms with Crippen molar-refractivity contribution in [2.24, 2.45) is 0 Å². The van der Waals surface area contributed by atoms with Crippen LogP contribution >= 0.6 is 0 Å². The summed E-state index contributed by atoms with van der Waals surface area (Å²) in [6, 6.07) is 0. The fourth-order valence-electron chi connectivity index (χ4n) is 2.29. The van der Waals surface area contributed by atoms with Gasteiger partial charge in [-0.25, -0.2) is 4.98 Å². The van der Waals surface area contributed by atoms with Gasteiger partial charge >= 0.3 is 5.56 Å². The first kappa shape index (κ1) is 13.8. The lowest BCUT2D eigenvalue weighted by Crippen LogP contribution is -2.33. The van der Waals surface area contributed by atoms with Crippen molar-refractivity contribution in [3.63, 3.8) is 0 Å². The molecule has 3 rings (SSSR count). The number of aromatic nitrogens is 4. The first-order valence-corrected chi connectivity index (χ1v) is 6.08. The van der Waals surface area contributed by atoms with Crippen molar-refractivity contribution in [3.8, 4) is 0 Å². The van der Waals surface area contributed by atoms with E-state index in [1.807, 2.05) is 0 Å². The molecule has 0 unspecified atom stereocenters. The van der Waals surface area contributed by atoms with Crippen LogP contribution in [-0.2, 0) is 4.74 Å². The molecule has 1 fully saturated rings. The minimum absolute atomic E-state index is 0.0514. The molecule has 11 heteroatoms. The molecule has 7 N–H and O–H groups in total. The highest BCUT2D eigenvalue weighted by Crippen LogP contribution is 2.30. The number of anilines is 1. The maximum absolute atomic E-state index is 11.9. The monoisotopic (exact) mass is 298 g/mol. The van der Waals surface area contributed by atoms with E-state index in [2.05, 4.69) is 9.97 Å². The van der Waals surface area contributed by atoms with Crippen LogP contribution in [0.25, 0.3) is 11.2 Å². The van der Waals surface area contributed by atoms with Gasteiger partial charge in [-0.05, 0) is 0 Å². The van der Waals surface area contributed by atoms with Gasteiger partial charge in [0, 0.05) is 0 Å². The van der Waals surface area contributed by atoms with Gasteiger partial charge in [-0.1, -0.05) is 0 Å². The molecule has 0 bridgehead atoms. The number of nitrogens with two attached hydrogens (primary N) is 2. The second kappa shape index (κ2) is 4.66. The Morgan fingerprint density at radius 3 is 2.71 bits per heavy atom. The first-order chi connectivity index (χ1) is 9.95. The molecule has 2 aromatic heterocycles. The Labute approximate surface area is 117 Å². The van der Waals surface area contributed by atoms with E-state index in [9.17, 15) is 15.0 Å². The molecule has 1 saturated heterocycles. The lowest BCUT2D eigenvalue weighted by atomic mass is 10.1. The molecule has 0 radical (unpaired) electrons. The van der Waals surface area contributed by atoms with Crippen LogP contribution in [0.15, 0.2) is 11.1 Å². The van der Waals surface area contributed by atoms with Crippen LogP contribution in [0, 0.1) is 0 Å². The number of fused-ring (bicyclic) bond motifs is 1. The van der Waals surface area contributed by atoms with Gasteiger partial charge in [-0.15, -0.1) is 0 Å². The minimum atomic E-state index is -1.32. The largest absolute Gasteiger partial charge is 0.394 e. The summed E-state index contributed by atoms with van der Waals surface area (Å²) < 4.78 is 7.26. The Kier molecular flexibility index (Phi) is 3.06. The van der Waals surface area contributed by atoms with Gasteiger partial charge in [0.05, 0.1) is 12.9 Å². The molecule has 1 aliphatic rings. The Hall–Kier alpha value is -2.21. The quantitative estimate of drug-likeness (QED) is 0.352. The second-order valence-electron chi connectivity index (χ2n) is 4.70. The molecule has 2 aromatic rings. The number of hydrogen-bond donors (Lipinski definition) is 5. The summed E-state index contributed by atoms with van der Waals surface area (Å²) in [5.74, 6) is 5.18. The number of nitrogen functional groups attached to an aromatic ring is 2. The van der Waals surface area contributed by atoms with Crippen molar-refractivity contribution in [2.75, 3.05) is 18.2 Å². The summed E-state index contributed by atoms with van der Waals surface area (Å²) in [5.41, 5.74) is 4.88. The van der Waals surface area contributed by atoms with Crippen LogP contribution in [0.2, 0.25) is 0 Å². The van der Waals surface area contributed by atoms with Gasteiger partial charge in [-0.3, -0.25) is 9.36 Å². The van der Waals surface area contributed by atoms with Gasteiger partial charge in [0.1, 0.15) is 18.3 Å². The van der Waals surface area contributed by atoms with E-state index in [-0.39, 0.29) is 17.1 Å². The number of hydrogen-bond acceptors (Lipinski definition) is 9.